The van der Waals surface area contributed by atoms with Gasteiger partial charge in [0.1, 0.15) is 0 Å². The van der Waals surface area contributed by atoms with Crippen LogP contribution in [0.1, 0.15) is 48.5 Å². The monoisotopic (exact) mass is 336 g/mol. The zero-order valence-electron chi connectivity index (χ0n) is 16.1. The van der Waals surface area contributed by atoms with Crippen LogP contribution in [-0.2, 0) is 14.8 Å². The Bertz CT molecular complexity index is 433. The number of hydrogen-bond donors (Lipinski definition) is 0. The maximum Gasteiger partial charge on any atom is 0.211 e. The highest BCUT2D eigenvalue weighted by molar-refractivity contribution is 7.88. The summed E-state index contributed by atoms with van der Waals surface area (Å²) < 4.78 is 32.0. The Morgan fingerprint density at radius 3 is 1.73 bits per heavy atom. The van der Waals surface area contributed by atoms with Crippen molar-refractivity contribution in [2.75, 3.05) is 33.4 Å². The van der Waals surface area contributed by atoms with E-state index in [1.807, 2.05) is 46.7 Å². The molecule has 0 aromatic carbocycles. The first-order chi connectivity index (χ1) is 9.55. The predicted octanol–water partition coefficient (Wildman–Crippen LogP) is 2.43. The van der Waals surface area contributed by atoms with Crippen LogP contribution in [0.3, 0.4) is 0 Å². The third-order valence-corrected chi connectivity index (χ3v) is 5.20. The summed E-state index contributed by atoms with van der Waals surface area (Å²) in [5.41, 5.74) is -0.450. The lowest BCUT2D eigenvalue weighted by Gasteiger charge is -2.39. The molecule has 0 spiro atoms. The summed E-state index contributed by atoms with van der Waals surface area (Å²) in [6.45, 7) is 15.2. The highest BCUT2D eigenvalue weighted by Gasteiger charge is 2.34. The van der Waals surface area contributed by atoms with E-state index in [4.69, 9.17) is 4.74 Å². The molecule has 0 heterocycles. The molecule has 134 valence electrons. The minimum atomic E-state index is -3.29. The van der Waals surface area contributed by atoms with Crippen molar-refractivity contribution in [3.05, 3.63) is 0 Å². The molecule has 0 N–H and O–H groups in total. The summed E-state index contributed by atoms with van der Waals surface area (Å²) in [6.07, 6.45) is 1.13. The van der Waals surface area contributed by atoms with Crippen LogP contribution >= 0.6 is 0 Å². The molecule has 0 aliphatic rings. The van der Waals surface area contributed by atoms with E-state index in [0.717, 1.165) is 0 Å². The molecule has 0 radical (unpaired) electrons. The van der Waals surface area contributed by atoms with Crippen molar-refractivity contribution in [2.24, 2.45) is 5.41 Å². The summed E-state index contributed by atoms with van der Waals surface area (Å²) in [5.74, 6) is 0. The van der Waals surface area contributed by atoms with Crippen LogP contribution in [0.4, 0.5) is 0 Å². The van der Waals surface area contributed by atoms with Gasteiger partial charge in [0.25, 0.3) is 0 Å². The molecule has 0 fully saturated rings. The Kier molecular flexibility index (Phi) is 7.54. The van der Waals surface area contributed by atoms with Gasteiger partial charge >= 0.3 is 0 Å². The number of sulfonamides is 1. The van der Waals surface area contributed by atoms with Crippen LogP contribution in [0.5, 0.6) is 0 Å². The maximum absolute atomic E-state index is 12.1. The average Bonchev–Trinajstić information content (AvgIpc) is 2.19. The number of ether oxygens (including phenoxy) is 1. The van der Waals surface area contributed by atoms with Gasteiger partial charge in [0.2, 0.25) is 10.0 Å². The molecule has 0 saturated heterocycles. The topological polar surface area (TPSA) is 49.9 Å². The van der Waals surface area contributed by atoms with E-state index < -0.39 is 15.6 Å². The van der Waals surface area contributed by atoms with Gasteiger partial charge in [-0.25, -0.2) is 8.42 Å². The van der Waals surface area contributed by atoms with Crippen molar-refractivity contribution in [1.29, 1.82) is 0 Å². The normalized spacial score (nSPS) is 17.1. The van der Waals surface area contributed by atoms with E-state index in [1.165, 1.54) is 10.6 Å². The molecule has 0 rings (SSSR count). The van der Waals surface area contributed by atoms with Gasteiger partial charge in [0.05, 0.1) is 18.5 Å². The standard InChI is InChI=1S/C16H36N2O3S/c1-13(15(2,3)4)21-14(11-17(8)9)12-18(16(5,6)7)22(10,19)20/h13-14H,11-12H2,1-10H3. The molecule has 0 bridgehead atoms. The molecular formula is C16H36N2O3S. The van der Waals surface area contributed by atoms with E-state index in [9.17, 15) is 8.42 Å². The van der Waals surface area contributed by atoms with Gasteiger partial charge in [0.15, 0.2) is 0 Å². The molecule has 0 aromatic rings. The molecule has 2 atom stereocenters. The smallest absolute Gasteiger partial charge is 0.211 e. The Labute approximate surface area is 138 Å². The Morgan fingerprint density at radius 1 is 1.00 bits per heavy atom. The highest BCUT2D eigenvalue weighted by Crippen LogP contribution is 2.25. The second kappa shape index (κ2) is 7.60. The van der Waals surface area contributed by atoms with Crippen molar-refractivity contribution in [3.8, 4) is 0 Å². The van der Waals surface area contributed by atoms with Gasteiger partial charge in [-0.05, 0) is 47.2 Å². The van der Waals surface area contributed by atoms with Crippen LogP contribution in [0.2, 0.25) is 0 Å². The van der Waals surface area contributed by atoms with Crippen molar-refractivity contribution in [3.63, 3.8) is 0 Å². The largest absolute Gasteiger partial charge is 0.372 e. The fraction of sp³-hybridized carbons (Fsp3) is 1.00. The fourth-order valence-electron chi connectivity index (χ4n) is 2.14. The Balaban J connectivity index is 5.27. The van der Waals surface area contributed by atoms with Crippen LogP contribution in [-0.4, -0.2) is 68.8 Å². The second-order valence-corrected chi connectivity index (χ2v) is 10.4. The summed E-state index contributed by atoms with van der Waals surface area (Å²) in [4.78, 5) is 2.03. The first-order valence-electron chi connectivity index (χ1n) is 7.83. The van der Waals surface area contributed by atoms with Gasteiger partial charge < -0.3 is 9.64 Å². The van der Waals surface area contributed by atoms with Gasteiger partial charge in [0, 0.05) is 18.6 Å². The quantitative estimate of drug-likeness (QED) is 0.716. The van der Waals surface area contributed by atoms with Gasteiger partial charge in [-0.3, -0.25) is 0 Å². The number of hydrogen-bond acceptors (Lipinski definition) is 4. The van der Waals surface area contributed by atoms with Crippen LogP contribution in [0.15, 0.2) is 0 Å². The van der Waals surface area contributed by atoms with Crippen LogP contribution < -0.4 is 0 Å². The molecule has 0 aromatic heterocycles. The van der Waals surface area contributed by atoms with Crippen LogP contribution in [0, 0.1) is 5.41 Å². The van der Waals surface area contributed by atoms with E-state index >= 15 is 0 Å². The average molecular weight is 337 g/mol. The second-order valence-electron chi connectivity index (χ2n) is 8.49. The first-order valence-corrected chi connectivity index (χ1v) is 9.68. The Morgan fingerprint density at radius 2 is 1.45 bits per heavy atom. The molecule has 0 amide bonds. The fourth-order valence-corrected chi connectivity index (χ4v) is 3.57. The highest BCUT2D eigenvalue weighted by atomic mass is 32.2. The minimum Gasteiger partial charge on any atom is -0.372 e. The van der Waals surface area contributed by atoms with Gasteiger partial charge in [-0.1, -0.05) is 20.8 Å². The number of likely N-dealkylation sites (N-methyl/N-ethyl adjacent to an activating group) is 1. The summed E-state index contributed by atoms with van der Waals surface area (Å²) in [6, 6.07) is 0. The SMILES string of the molecule is CC(OC(CN(C)C)CN(C(C)(C)C)S(C)(=O)=O)C(C)(C)C. The molecule has 6 heteroatoms. The zero-order chi connectivity index (χ0) is 17.9. The van der Waals surface area contributed by atoms with E-state index in [0.29, 0.717) is 13.1 Å². The van der Waals surface area contributed by atoms with E-state index in [2.05, 4.69) is 20.8 Å². The van der Waals surface area contributed by atoms with Crippen LogP contribution in [0.25, 0.3) is 0 Å². The molecule has 22 heavy (non-hydrogen) atoms. The summed E-state index contributed by atoms with van der Waals surface area (Å²) >= 11 is 0. The van der Waals surface area contributed by atoms with Crippen molar-refractivity contribution in [1.82, 2.24) is 9.21 Å². The lowest BCUT2D eigenvalue weighted by atomic mass is 9.90. The van der Waals surface area contributed by atoms with Crippen molar-refractivity contribution >= 4 is 10.0 Å². The van der Waals surface area contributed by atoms with Crippen molar-refractivity contribution < 1.29 is 13.2 Å². The number of nitrogens with zero attached hydrogens (tertiary/aromatic N) is 2. The molecule has 0 aliphatic heterocycles. The minimum absolute atomic E-state index is 0.0161. The maximum atomic E-state index is 12.1. The van der Waals surface area contributed by atoms with Gasteiger partial charge in [-0.15, -0.1) is 0 Å². The Hall–Kier alpha value is -0.170. The predicted molar refractivity (Wildman–Crippen MR) is 93.6 cm³/mol. The molecule has 0 aliphatic carbocycles. The third-order valence-electron chi connectivity index (χ3n) is 3.70. The van der Waals surface area contributed by atoms with E-state index in [1.54, 1.807) is 0 Å². The summed E-state index contributed by atoms with van der Waals surface area (Å²) in [5, 5.41) is 0. The third kappa shape index (κ3) is 7.90. The first kappa shape index (κ1) is 21.8. The molecule has 5 nitrogen and oxygen atoms in total. The van der Waals surface area contributed by atoms with Gasteiger partial charge in [-0.2, -0.15) is 4.31 Å². The van der Waals surface area contributed by atoms with Crippen molar-refractivity contribution in [2.45, 2.75) is 66.2 Å². The molecule has 0 saturated carbocycles. The zero-order valence-corrected chi connectivity index (χ0v) is 16.9. The number of rotatable bonds is 7. The molecule has 2 unspecified atom stereocenters. The lowest BCUT2D eigenvalue weighted by molar-refractivity contribution is -0.0719. The molecular weight excluding hydrogens is 300 g/mol. The van der Waals surface area contributed by atoms with E-state index in [-0.39, 0.29) is 17.6 Å². The summed E-state index contributed by atoms with van der Waals surface area (Å²) in [7, 11) is 0.654. The lowest BCUT2D eigenvalue weighted by Crippen LogP contribution is -2.51.